The summed E-state index contributed by atoms with van der Waals surface area (Å²) in [5.74, 6) is 0.0259. The highest BCUT2D eigenvalue weighted by molar-refractivity contribution is 6.00. The van der Waals surface area contributed by atoms with Crippen molar-refractivity contribution in [3.63, 3.8) is 0 Å². The quantitative estimate of drug-likeness (QED) is 0.712. The van der Waals surface area contributed by atoms with Crippen LogP contribution in [0, 0.1) is 6.92 Å². The third-order valence-electron chi connectivity index (χ3n) is 6.06. The van der Waals surface area contributed by atoms with E-state index in [9.17, 15) is 4.79 Å². The van der Waals surface area contributed by atoms with Crippen molar-refractivity contribution in [1.82, 2.24) is 20.0 Å². The van der Waals surface area contributed by atoms with Crippen LogP contribution in [0.15, 0.2) is 54.6 Å². The molecule has 1 unspecified atom stereocenters. The maximum atomic E-state index is 13.4. The van der Waals surface area contributed by atoms with E-state index in [1.54, 1.807) is 0 Å². The predicted octanol–water partition coefficient (Wildman–Crippen LogP) is 3.26. The van der Waals surface area contributed by atoms with Gasteiger partial charge in [-0.2, -0.15) is 5.10 Å². The van der Waals surface area contributed by atoms with E-state index in [2.05, 4.69) is 58.4 Å². The molecule has 0 radical (unpaired) electrons. The Morgan fingerprint density at radius 1 is 1.03 bits per heavy atom. The summed E-state index contributed by atoms with van der Waals surface area (Å²) >= 11 is 0. The summed E-state index contributed by atoms with van der Waals surface area (Å²) in [4.78, 5) is 17.7. The lowest BCUT2D eigenvalue weighted by Gasteiger charge is -2.31. The van der Waals surface area contributed by atoms with Gasteiger partial charge in [0.1, 0.15) is 5.69 Å². The summed E-state index contributed by atoms with van der Waals surface area (Å²) in [5, 5.41) is 7.59. The number of aryl methyl sites for hydroxylation is 1. The number of benzene rings is 2. The average Bonchev–Trinajstić information content (AvgIpc) is 3.33. The molecule has 2 aromatic carbocycles. The van der Waals surface area contributed by atoms with Gasteiger partial charge in [-0.3, -0.25) is 14.8 Å². The number of ether oxygens (including phenoxy) is 1. The number of H-pyrrole nitrogens is 1. The van der Waals surface area contributed by atoms with Gasteiger partial charge in [0.2, 0.25) is 0 Å². The topological polar surface area (TPSA) is 61.5 Å². The molecule has 30 heavy (non-hydrogen) atoms. The van der Waals surface area contributed by atoms with Gasteiger partial charge >= 0.3 is 0 Å². The number of nitrogens with zero attached hydrogens (tertiary/aromatic N) is 3. The molecule has 2 aliphatic rings. The number of morpholine rings is 1. The number of hydrogen-bond acceptors (Lipinski definition) is 4. The van der Waals surface area contributed by atoms with E-state index >= 15 is 0 Å². The smallest absolute Gasteiger partial charge is 0.273 e. The lowest BCUT2D eigenvalue weighted by atomic mass is 9.96. The number of aromatic nitrogens is 2. The van der Waals surface area contributed by atoms with Crippen molar-refractivity contribution < 1.29 is 9.53 Å². The van der Waals surface area contributed by atoms with Crippen LogP contribution in [0.2, 0.25) is 0 Å². The van der Waals surface area contributed by atoms with E-state index in [-0.39, 0.29) is 11.9 Å². The third kappa shape index (κ3) is 3.42. The second-order valence-electron chi connectivity index (χ2n) is 7.99. The molecule has 6 heteroatoms. The zero-order valence-electron chi connectivity index (χ0n) is 17.2. The summed E-state index contributed by atoms with van der Waals surface area (Å²) in [6.07, 6.45) is 0. The molecule has 1 aromatic heterocycles. The number of carbonyl (C=O) groups is 1. The first-order valence-electron chi connectivity index (χ1n) is 10.5. The molecule has 154 valence electrons. The van der Waals surface area contributed by atoms with Gasteiger partial charge in [0.15, 0.2) is 0 Å². The average molecular weight is 402 g/mol. The van der Waals surface area contributed by atoms with Crippen molar-refractivity contribution in [2.24, 2.45) is 0 Å². The second kappa shape index (κ2) is 8.05. The monoisotopic (exact) mass is 402 g/mol. The minimum Gasteiger partial charge on any atom is -0.379 e. The molecule has 0 aliphatic carbocycles. The fourth-order valence-corrected chi connectivity index (χ4v) is 4.41. The second-order valence-corrected chi connectivity index (χ2v) is 7.99. The van der Waals surface area contributed by atoms with Crippen LogP contribution in [0.25, 0.3) is 11.3 Å². The SMILES string of the molecule is Cc1ccc(-c2n[nH]c3c2C(c2ccccc2)N(CCN2CCOCC2)C3=O)cc1. The molecule has 1 amide bonds. The van der Waals surface area contributed by atoms with Crippen molar-refractivity contribution in [1.29, 1.82) is 0 Å². The maximum absolute atomic E-state index is 13.4. The molecule has 6 nitrogen and oxygen atoms in total. The number of fused-ring (bicyclic) bond motifs is 1. The van der Waals surface area contributed by atoms with Gasteiger partial charge < -0.3 is 9.64 Å². The molecule has 0 spiro atoms. The zero-order valence-corrected chi connectivity index (χ0v) is 17.2. The van der Waals surface area contributed by atoms with Gasteiger partial charge in [-0.05, 0) is 12.5 Å². The van der Waals surface area contributed by atoms with Crippen LogP contribution in [-0.2, 0) is 4.74 Å². The molecule has 1 N–H and O–H groups in total. The molecular formula is C24H26N4O2. The van der Waals surface area contributed by atoms with E-state index < -0.39 is 0 Å². The summed E-state index contributed by atoms with van der Waals surface area (Å²) in [6, 6.07) is 18.5. The van der Waals surface area contributed by atoms with E-state index in [4.69, 9.17) is 4.74 Å². The molecule has 5 rings (SSSR count). The number of amides is 1. The largest absolute Gasteiger partial charge is 0.379 e. The number of hydrogen-bond donors (Lipinski definition) is 1. The van der Waals surface area contributed by atoms with Gasteiger partial charge in [0, 0.05) is 37.3 Å². The Hall–Kier alpha value is -2.96. The lowest BCUT2D eigenvalue weighted by molar-refractivity contribution is 0.0316. The van der Waals surface area contributed by atoms with Crippen LogP contribution in [0.1, 0.15) is 33.2 Å². The molecule has 1 saturated heterocycles. The standard InChI is InChI=1S/C24H26N4O2/c1-17-7-9-18(10-8-17)21-20-22(26-25-21)24(29)28(12-11-27-13-15-30-16-14-27)23(20)19-5-3-2-4-6-19/h2-10,23H,11-16H2,1H3,(H,25,26). The van der Waals surface area contributed by atoms with Gasteiger partial charge in [-0.1, -0.05) is 60.2 Å². The van der Waals surface area contributed by atoms with Gasteiger partial charge in [-0.25, -0.2) is 0 Å². The number of carbonyl (C=O) groups excluding carboxylic acids is 1. The lowest BCUT2D eigenvalue weighted by Crippen LogP contribution is -2.42. The van der Waals surface area contributed by atoms with Gasteiger partial charge in [-0.15, -0.1) is 0 Å². The van der Waals surface area contributed by atoms with E-state index in [1.807, 2.05) is 23.1 Å². The Balaban J connectivity index is 1.51. The first-order chi connectivity index (χ1) is 14.7. The third-order valence-corrected chi connectivity index (χ3v) is 6.06. The summed E-state index contributed by atoms with van der Waals surface area (Å²) in [6.45, 7) is 6.94. The zero-order chi connectivity index (χ0) is 20.5. The molecule has 3 aromatic rings. The molecule has 0 bridgehead atoms. The fourth-order valence-electron chi connectivity index (χ4n) is 4.41. The van der Waals surface area contributed by atoms with Crippen molar-refractivity contribution >= 4 is 5.91 Å². The molecule has 0 saturated carbocycles. The van der Waals surface area contributed by atoms with E-state index in [0.717, 1.165) is 55.2 Å². The Morgan fingerprint density at radius 3 is 2.50 bits per heavy atom. The van der Waals surface area contributed by atoms with Crippen LogP contribution in [0.3, 0.4) is 0 Å². The number of aromatic amines is 1. The van der Waals surface area contributed by atoms with E-state index in [0.29, 0.717) is 12.2 Å². The van der Waals surface area contributed by atoms with Crippen LogP contribution >= 0.6 is 0 Å². The summed E-state index contributed by atoms with van der Waals surface area (Å²) in [7, 11) is 0. The Morgan fingerprint density at radius 2 is 1.77 bits per heavy atom. The molecule has 2 aliphatic heterocycles. The Kier molecular flexibility index (Phi) is 5.11. The van der Waals surface area contributed by atoms with Gasteiger partial charge in [0.25, 0.3) is 5.91 Å². The van der Waals surface area contributed by atoms with Crippen LogP contribution < -0.4 is 0 Å². The van der Waals surface area contributed by atoms with Crippen LogP contribution in [-0.4, -0.2) is 65.3 Å². The Bertz CT molecular complexity index is 1020. The van der Waals surface area contributed by atoms with Crippen molar-refractivity contribution in [2.45, 2.75) is 13.0 Å². The number of nitrogens with one attached hydrogen (secondary N) is 1. The van der Waals surface area contributed by atoms with Crippen molar-refractivity contribution in [3.05, 3.63) is 77.0 Å². The summed E-state index contributed by atoms with van der Waals surface area (Å²) < 4.78 is 5.46. The maximum Gasteiger partial charge on any atom is 0.273 e. The minimum atomic E-state index is -0.134. The van der Waals surface area contributed by atoms with Crippen LogP contribution in [0.5, 0.6) is 0 Å². The molecule has 1 atom stereocenters. The molecule has 1 fully saturated rings. The minimum absolute atomic E-state index is 0.0259. The highest BCUT2D eigenvalue weighted by atomic mass is 16.5. The predicted molar refractivity (Wildman–Crippen MR) is 115 cm³/mol. The molecule has 3 heterocycles. The first kappa shape index (κ1) is 19.0. The van der Waals surface area contributed by atoms with Crippen molar-refractivity contribution in [2.75, 3.05) is 39.4 Å². The van der Waals surface area contributed by atoms with Crippen LogP contribution in [0.4, 0.5) is 0 Å². The molecular weight excluding hydrogens is 376 g/mol. The van der Waals surface area contributed by atoms with E-state index in [1.165, 1.54) is 5.56 Å². The normalized spacial score (nSPS) is 19.3. The Labute approximate surface area is 176 Å². The first-order valence-corrected chi connectivity index (χ1v) is 10.5. The highest BCUT2D eigenvalue weighted by Gasteiger charge is 2.42. The van der Waals surface area contributed by atoms with Crippen molar-refractivity contribution in [3.8, 4) is 11.3 Å². The van der Waals surface area contributed by atoms with Gasteiger partial charge in [0.05, 0.1) is 24.9 Å². The number of rotatable bonds is 5. The highest BCUT2D eigenvalue weighted by Crippen LogP contribution is 2.42. The fraction of sp³-hybridized carbons (Fsp3) is 0.333. The summed E-state index contributed by atoms with van der Waals surface area (Å²) in [5.41, 5.74) is 5.80.